The lowest BCUT2D eigenvalue weighted by Crippen LogP contribution is -2.41. The van der Waals surface area contributed by atoms with Crippen molar-refractivity contribution in [3.8, 4) is 0 Å². The van der Waals surface area contributed by atoms with Crippen LogP contribution in [0.2, 0.25) is 0 Å². The third kappa shape index (κ3) is 5.28. The summed E-state index contributed by atoms with van der Waals surface area (Å²) in [6.07, 6.45) is 5.10. The lowest BCUT2D eigenvalue weighted by molar-refractivity contribution is -0.117. The smallest absolute Gasteiger partial charge is 0.244 e. The van der Waals surface area contributed by atoms with E-state index in [0.717, 1.165) is 5.56 Å². The second kappa shape index (κ2) is 6.90. The molecule has 1 atom stereocenters. The summed E-state index contributed by atoms with van der Waals surface area (Å²) in [5.41, 5.74) is -0.0938. The Balaban J connectivity index is 1.81. The summed E-state index contributed by atoms with van der Waals surface area (Å²) in [7, 11) is 0. The molecule has 0 fully saturated rings. The normalized spacial score (nSPS) is 14.0. The molecule has 0 aliphatic rings. The minimum absolute atomic E-state index is 0.158. The predicted molar refractivity (Wildman–Crippen MR) is 81.5 cm³/mol. The van der Waals surface area contributed by atoms with Crippen LogP contribution >= 0.6 is 0 Å². The fraction of sp³-hybridized carbons (Fsp3) is 0.235. The Morgan fingerprint density at radius 2 is 2.05 bits per heavy atom. The van der Waals surface area contributed by atoms with Gasteiger partial charge in [-0.3, -0.25) is 4.79 Å². The van der Waals surface area contributed by atoms with Crippen molar-refractivity contribution >= 4 is 12.0 Å². The molecule has 0 spiro atoms. The topological polar surface area (TPSA) is 62.5 Å². The highest BCUT2D eigenvalue weighted by Crippen LogP contribution is 2.12. The van der Waals surface area contributed by atoms with Gasteiger partial charge in [-0.1, -0.05) is 30.3 Å². The molecule has 1 heterocycles. The minimum atomic E-state index is -1.05. The molecule has 4 heteroatoms. The number of hydrogen-bond donors (Lipinski definition) is 2. The molecule has 0 aliphatic heterocycles. The summed E-state index contributed by atoms with van der Waals surface area (Å²) in [6.45, 7) is 1.82. The van der Waals surface area contributed by atoms with Crippen LogP contribution in [-0.4, -0.2) is 23.2 Å². The zero-order chi connectivity index (χ0) is 15.1. The minimum Gasteiger partial charge on any atom is -0.469 e. The van der Waals surface area contributed by atoms with Crippen LogP contribution in [-0.2, 0) is 11.2 Å². The number of nitrogens with one attached hydrogen (secondary N) is 1. The van der Waals surface area contributed by atoms with Gasteiger partial charge in [0.15, 0.2) is 0 Å². The molecule has 110 valence electrons. The molecular formula is C17H19NO3. The van der Waals surface area contributed by atoms with E-state index in [0.29, 0.717) is 12.2 Å². The summed E-state index contributed by atoms with van der Waals surface area (Å²) in [4.78, 5) is 11.7. The molecule has 0 saturated heterocycles. The number of carbonyl (C=O) groups is 1. The predicted octanol–water partition coefficient (Wildman–Crippen LogP) is 2.40. The molecule has 2 rings (SSSR count). The maximum Gasteiger partial charge on any atom is 0.244 e. The van der Waals surface area contributed by atoms with Gasteiger partial charge in [0, 0.05) is 19.0 Å². The van der Waals surface area contributed by atoms with E-state index in [1.165, 1.54) is 6.08 Å². The van der Waals surface area contributed by atoms with E-state index in [1.807, 2.05) is 30.3 Å². The Morgan fingerprint density at radius 3 is 2.71 bits per heavy atom. The molecule has 21 heavy (non-hydrogen) atoms. The van der Waals surface area contributed by atoms with Crippen LogP contribution in [0.4, 0.5) is 0 Å². The van der Waals surface area contributed by atoms with Gasteiger partial charge in [0.25, 0.3) is 0 Å². The van der Waals surface area contributed by atoms with Gasteiger partial charge in [-0.05, 0) is 30.7 Å². The molecule has 1 amide bonds. The first kappa shape index (κ1) is 15.1. The third-order valence-corrected chi connectivity index (χ3v) is 3.01. The zero-order valence-electron chi connectivity index (χ0n) is 12.0. The van der Waals surface area contributed by atoms with Crippen LogP contribution < -0.4 is 5.32 Å². The van der Waals surface area contributed by atoms with Crippen LogP contribution in [0.1, 0.15) is 18.2 Å². The van der Waals surface area contributed by atoms with Crippen molar-refractivity contribution in [2.75, 3.05) is 6.54 Å². The van der Waals surface area contributed by atoms with E-state index < -0.39 is 5.60 Å². The Morgan fingerprint density at radius 1 is 1.29 bits per heavy atom. The van der Waals surface area contributed by atoms with Gasteiger partial charge >= 0.3 is 0 Å². The van der Waals surface area contributed by atoms with Crippen molar-refractivity contribution in [2.24, 2.45) is 0 Å². The monoisotopic (exact) mass is 285 g/mol. The second-order valence-corrected chi connectivity index (χ2v) is 5.21. The second-order valence-electron chi connectivity index (χ2n) is 5.21. The average molecular weight is 285 g/mol. The number of rotatable bonds is 6. The van der Waals surface area contributed by atoms with Crippen LogP contribution in [0, 0.1) is 0 Å². The fourth-order valence-electron chi connectivity index (χ4n) is 1.92. The van der Waals surface area contributed by atoms with Crippen molar-refractivity contribution in [1.82, 2.24) is 5.32 Å². The van der Waals surface area contributed by atoms with Crippen LogP contribution in [0.5, 0.6) is 0 Å². The Bertz CT molecular complexity index is 586. The Labute approximate surface area is 124 Å². The first-order valence-corrected chi connectivity index (χ1v) is 6.81. The van der Waals surface area contributed by atoms with Crippen LogP contribution in [0.15, 0.2) is 59.2 Å². The molecule has 1 aromatic carbocycles. The molecule has 4 nitrogen and oxygen atoms in total. The van der Waals surface area contributed by atoms with Crippen molar-refractivity contribution < 1.29 is 14.3 Å². The fourth-order valence-corrected chi connectivity index (χ4v) is 1.92. The molecule has 2 aromatic rings. The van der Waals surface area contributed by atoms with Crippen LogP contribution in [0.25, 0.3) is 6.08 Å². The van der Waals surface area contributed by atoms with Crippen molar-refractivity contribution in [1.29, 1.82) is 0 Å². The van der Waals surface area contributed by atoms with Gasteiger partial charge in [-0.25, -0.2) is 0 Å². The van der Waals surface area contributed by atoms with E-state index in [9.17, 15) is 9.90 Å². The lowest BCUT2D eigenvalue weighted by atomic mass is 10.0. The van der Waals surface area contributed by atoms with E-state index in [-0.39, 0.29) is 12.5 Å². The Kier molecular flexibility index (Phi) is 4.95. The van der Waals surface area contributed by atoms with E-state index in [1.54, 1.807) is 31.4 Å². The third-order valence-electron chi connectivity index (χ3n) is 3.01. The summed E-state index contributed by atoms with van der Waals surface area (Å²) >= 11 is 0. The highest BCUT2D eigenvalue weighted by Gasteiger charge is 2.22. The average Bonchev–Trinajstić information content (AvgIpc) is 2.96. The summed E-state index contributed by atoms with van der Waals surface area (Å²) in [5, 5.41) is 12.9. The maximum absolute atomic E-state index is 11.7. The molecule has 1 aromatic heterocycles. The summed E-state index contributed by atoms with van der Waals surface area (Å²) in [5.74, 6) is 0.452. The number of furan rings is 1. The summed E-state index contributed by atoms with van der Waals surface area (Å²) in [6, 6.07) is 13.1. The number of hydrogen-bond acceptors (Lipinski definition) is 3. The molecule has 2 N–H and O–H groups in total. The first-order chi connectivity index (χ1) is 10.1. The molecule has 1 unspecified atom stereocenters. The number of carbonyl (C=O) groups excluding carboxylic acids is 1. The van der Waals surface area contributed by atoms with Crippen LogP contribution in [0.3, 0.4) is 0 Å². The molecular weight excluding hydrogens is 266 g/mol. The van der Waals surface area contributed by atoms with Gasteiger partial charge in [0.1, 0.15) is 5.76 Å². The number of aliphatic hydroxyl groups is 1. The van der Waals surface area contributed by atoms with Gasteiger partial charge in [0.2, 0.25) is 5.91 Å². The number of benzene rings is 1. The largest absolute Gasteiger partial charge is 0.469 e. The van der Waals surface area contributed by atoms with Gasteiger partial charge in [0.05, 0.1) is 11.9 Å². The standard InChI is InChI=1S/C17H19NO3/c1-17(20,12-15-8-5-11-21-15)13-18-16(19)10-9-14-6-3-2-4-7-14/h2-11,20H,12-13H2,1H3,(H,18,19). The van der Waals surface area contributed by atoms with Crippen molar-refractivity contribution in [3.05, 3.63) is 66.1 Å². The van der Waals surface area contributed by atoms with Crippen molar-refractivity contribution in [2.45, 2.75) is 18.9 Å². The van der Waals surface area contributed by atoms with Gasteiger partial charge in [-0.15, -0.1) is 0 Å². The van der Waals surface area contributed by atoms with E-state index in [2.05, 4.69) is 5.32 Å². The molecule has 0 radical (unpaired) electrons. The summed E-state index contributed by atoms with van der Waals surface area (Å²) < 4.78 is 5.19. The molecule has 0 aliphatic carbocycles. The quantitative estimate of drug-likeness (QED) is 0.801. The number of amides is 1. The zero-order valence-corrected chi connectivity index (χ0v) is 12.0. The Hall–Kier alpha value is -2.33. The van der Waals surface area contributed by atoms with E-state index in [4.69, 9.17) is 4.42 Å². The SMILES string of the molecule is CC(O)(CNC(=O)C=Cc1ccccc1)Cc1ccco1. The van der Waals surface area contributed by atoms with E-state index >= 15 is 0 Å². The first-order valence-electron chi connectivity index (χ1n) is 6.81. The van der Waals surface area contributed by atoms with Crippen molar-refractivity contribution in [3.63, 3.8) is 0 Å². The van der Waals surface area contributed by atoms with Gasteiger partial charge < -0.3 is 14.8 Å². The highest BCUT2D eigenvalue weighted by molar-refractivity contribution is 5.91. The molecule has 0 bridgehead atoms. The van der Waals surface area contributed by atoms with Gasteiger partial charge in [-0.2, -0.15) is 0 Å². The maximum atomic E-state index is 11.7. The highest BCUT2D eigenvalue weighted by atomic mass is 16.3. The lowest BCUT2D eigenvalue weighted by Gasteiger charge is -2.22. The molecule has 0 saturated carbocycles.